The standard InChI is InChI=1S/C44H52N12/c1-9-53-25-21-49(5)41(53)37-29-13-15-31(45-29)38(42-50(6)22-26-54(42)10-2)33-17-19-35(47-33)40(44-52(8)24-28-56(44)12-4)36-20-18-34(48-36)39(32-16-14-30(37)46-32)43-51(7)23-27-55(43)11-3/h13-28,41-43,47H,9-12H2,1-8H3/p+1. The molecule has 8 aliphatic rings. The number of hydrogen-bond acceptors (Lipinski definition) is 10. The number of aromatic nitrogens is 1. The Labute approximate surface area is 330 Å². The van der Waals surface area contributed by atoms with Gasteiger partial charge in [0.15, 0.2) is 0 Å². The van der Waals surface area contributed by atoms with Crippen LogP contribution in [0.5, 0.6) is 0 Å². The average Bonchev–Trinajstić information content (AvgIpc) is 4.06. The van der Waals surface area contributed by atoms with Crippen molar-refractivity contribution in [3.63, 3.8) is 0 Å². The van der Waals surface area contributed by atoms with Gasteiger partial charge in [0.2, 0.25) is 11.4 Å². The Morgan fingerprint density at radius 3 is 1.73 bits per heavy atom. The van der Waals surface area contributed by atoms with Crippen molar-refractivity contribution in [3.05, 3.63) is 144 Å². The molecule has 3 unspecified atom stereocenters. The average molecular weight is 750 g/mol. The molecule has 9 rings (SSSR count). The Balaban J connectivity index is 1.35. The molecule has 9 heterocycles. The molecule has 8 aliphatic heterocycles. The van der Waals surface area contributed by atoms with E-state index in [4.69, 9.17) is 9.98 Å². The van der Waals surface area contributed by atoms with Gasteiger partial charge in [-0.05, 0) is 64.1 Å². The molecule has 0 radical (unpaired) electrons. The molecule has 1 aromatic rings. The predicted octanol–water partition coefficient (Wildman–Crippen LogP) is 3.96. The molecule has 288 valence electrons. The van der Waals surface area contributed by atoms with Gasteiger partial charge < -0.3 is 44.2 Å². The van der Waals surface area contributed by atoms with Crippen molar-refractivity contribution in [1.82, 2.24) is 44.2 Å². The van der Waals surface area contributed by atoms with Crippen molar-refractivity contribution < 1.29 is 4.99 Å². The van der Waals surface area contributed by atoms with Crippen LogP contribution in [-0.2, 0) is 0 Å². The Morgan fingerprint density at radius 2 is 1.11 bits per heavy atom. The van der Waals surface area contributed by atoms with Crippen LogP contribution in [-0.4, -0.2) is 134 Å². The van der Waals surface area contributed by atoms with E-state index in [1.165, 1.54) is 0 Å². The van der Waals surface area contributed by atoms with Crippen LogP contribution in [0, 0.1) is 0 Å². The van der Waals surface area contributed by atoms with Crippen LogP contribution in [0.3, 0.4) is 0 Å². The molecule has 0 saturated carbocycles. The zero-order chi connectivity index (χ0) is 38.8. The first kappa shape index (κ1) is 35.5. The van der Waals surface area contributed by atoms with Crippen molar-refractivity contribution in [3.8, 4) is 0 Å². The zero-order valence-corrected chi connectivity index (χ0v) is 33.8. The quantitative estimate of drug-likeness (QED) is 0.434. The van der Waals surface area contributed by atoms with Crippen LogP contribution in [0.25, 0.3) is 11.1 Å². The minimum absolute atomic E-state index is 0.0422. The Bertz CT molecular complexity index is 2280. The molecule has 0 spiro atoms. The van der Waals surface area contributed by atoms with Crippen molar-refractivity contribution in [2.75, 3.05) is 54.4 Å². The van der Waals surface area contributed by atoms with Crippen molar-refractivity contribution in [2.24, 2.45) is 9.98 Å². The number of aromatic amines is 1. The van der Waals surface area contributed by atoms with E-state index in [2.05, 4.69) is 203 Å². The van der Waals surface area contributed by atoms with Gasteiger partial charge in [0, 0.05) is 127 Å². The fourth-order valence-corrected chi connectivity index (χ4v) is 9.13. The normalized spacial score (nSPS) is 26.5. The summed E-state index contributed by atoms with van der Waals surface area (Å²) in [4.78, 5) is 37.6. The van der Waals surface area contributed by atoms with Gasteiger partial charge in [0.1, 0.15) is 24.3 Å². The first-order valence-corrected chi connectivity index (χ1v) is 19.9. The lowest BCUT2D eigenvalue weighted by molar-refractivity contribution is -0.387. The molecule has 0 aromatic carbocycles. The second-order valence-corrected chi connectivity index (χ2v) is 15.1. The van der Waals surface area contributed by atoms with Crippen LogP contribution in [0.1, 0.15) is 39.1 Å². The van der Waals surface area contributed by atoms with Gasteiger partial charge in [0.05, 0.1) is 45.2 Å². The largest absolute Gasteiger partial charge is 0.355 e. The van der Waals surface area contributed by atoms with Crippen molar-refractivity contribution >= 4 is 28.3 Å². The third-order valence-corrected chi connectivity index (χ3v) is 12.0. The number of allylic oxidation sites excluding steroid dienone is 7. The van der Waals surface area contributed by atoms with E-state index in [0.717, 1.165) is 99.9 Å². The highest BCUT2D eigenvalue weighted by molar-refractivity contribution is 6.31. The number of likely N-dealkylation sites (N-methyl/N-ethyl adjacent to an activating group) is 6. The number of aliphatic imine (C=N–C) groups is 2. The van der Waals surface area contributed by atoms with Gasteiger partial charge in [-0.15, -0.1) is 0 Å². The molecular formula is C44H53N12+. The molecule has 8 bridgehead atoms. The molecule has 3 atom stereocenters. The number of rotatable bonds is 7. The third kappa shape index (κ3) is 5.52. The molecular weight excluding hydrogens is 697 g/mol. The second kappa shape index (κ2) is 13.8. The summed E-state index contributed by atoms with van der Waals surface area (Å²) in [6.45, 7) is 12.2. The maximum absolute atomic E-state index is 5.58. The van der Waals surface area contributed by atoms with Crippen LogP contribution in [0.2, 0.25) is 0 Å². The fraction of sp³-hybridized carbons (Fsp3) is 0.341. The zero-order valence-electron chi connectivity index (χ0n) is 33.8. The first-order valence-electron chi connectivity index (χ1n) is 19.9. The second-order valence-electron chi connectivity index (χ2n) is 15.1. The lowest BCUT2D eigenvalue weighted by Crippen LogP contribution is -2.70. The van der Waals surface area contributed by atoms with Gasteiger partial charge in [0.25, 0.3) is 0 Å². The molecule has 0 fully saturated rings. The highest BCUT2D eigenvalue weighted by atomic mass is 15.4. The SMILES string of the molecule is CCN1C=CN(C)C1=C1C2=NC(=C(C3N(C)C=CN3CC)C3=[NH+]C(=C(C4N(C)C=CN4CC)C4=NC(=C(C5N(C)C=CN5CC)c5ccc1[nH]5)C=C4)C=C3)C=C2. The summed E-state index contributed by atoms with van der Waals surface area (Å²) in [6.07, 6.45) is 30.5. The smallest absolute Gasteiger partial charge is 0.213 e. The van der Waals surface area contributed by atoms with Gasteiger partial charge in [-0.3, -0.25) is 0 Å². The number of fused-ring (bicyclic) bond motifs is 5. The third-order valence-electron chi connectivity index (χ3n) is 12.0. The van der Waals surface area contributed by atoms with Crippen LogP contribution >= 0.6 is 0 Å². The summed E-state index contributed by atoms with van der Waals surface area (Å²) in [5.74, 6) is 1.09. The van der Waals surface area contributed by atoms with Crippen LogP contribution in [0.15, 0.2) is 142 Å². The lowest BCUT2D eigenvalue weighted by atomic mass is 10.0. The number of nitrogens with one attached hydrogen (secondary N) is 2. The summed E-state index contributed by atoms with van der Waals surface area (Å²) in [5.41, 5.74) is 12.3. The minimum Gasteiger partial charge on any atom is -0.355 e. The Kier molecular flexibility index (Phi) is 8.78. The van der Waals surface area contributed by atoms with E-state index in [0.29, 0.717) is 0 Å². The minimum atomic E-state index is -0.0463. The van der Waals surface area contributed by atoms with Gasteiger partial charge in [-0.25, -0.2) is 15.0 Å². The Morgan fingerprint density at radius 1 is 0.554 bits per heavy atom. The summed E-state index contributed by atoms with van der Waals surface area (Å²) >= 11 is 0. The van der Waals surface area contributed by atoms with Crippen LogP contribution in [0.4, 0.5) is 0 Å². The summed E-state index contributed by atoms with van der Waals surface area (Å²) in [5, 5.41) is 0. The molecule has 0 aliphatic carbocycles. The number of hydrogen-bond donors (Lipinski definition) is 2. The molecule has 0 amide bonds. The van der Waals surface area contributed by atoms with Crippen LogP contribution < -0.4 is 4.99 Å². The van der Waals surface area contributed by atoms with E-state index >= 15 is 0 Å². The summed E-state index contributed by atoms with van der Waals surface area (Å²) in [7, 11) is 8.58. The molecule has 0 saturated heterocycles. The maximum Gasteiger partial charge on any atom is 0.213 e. The molecule has 12 heteroatoms. The molecule has 12 nitrogen and oxygen atoms in total. The first-order chi connectivity index (χ1) is 27.2. The van der Waals surface area contributed by atoms with E-state index in [1.54, 1.807) is 0 Å². The molecule has 56 heavy (non-hydrogen) atoms. The van der Waals surface area contributed by atoms with E-state index in [9.17, 15) is 0 Å². The van der Waals surface area contributed by atoms with E-state index in [-0.39, 0.29) is 18.5 Å². The highest BCUT2D eigenvalue weighted by Gasteiger charge is 2.41. The monoisotopic (exact) mass is 749 g/mol. The highest BCUT2D eigenvalue weighted by Crippen LogP contribution is 2.39. The lowest BCUT2D eigenvalue weighted by Gasteiger charge is -2.32. The maximum atomic E-state index is 5.58. The number of nitrogens with zero attached hydrogens (tertiary/aromatic N) is 10. The fourth-order valence-electron chi connectivity index (χ4n) is 9.13. The topological polar surface area (TPSA) is 80.4 Å². The van der Waals surface area contributed by atoms with E-state index < -0.39 is 0 Å². The molecule has 2 N–H and O–H groups in total. The predicted molar refractivity (Wildman–Crippen MR) is 225 cm³/mol. The summed E-state index contributed by atoms with van der Waals surface area (Å²) < 4.78 is 0. The van der Waals surface area contributed by atoms with Gasteiger partial charge in [-0.1, -0.05) is 0 Å². The summed E-state index contributed by atoms with van der Waals surface area (Å²) in [6, 6.07) is 4.45. The van der Waals surface area contributed by atoms with Crippen molar-refractivity contribution in [2.45, 2.75) is 46.2 Å². The number of H-pyrrole nitrogens is 1. The Hall–Kier alpha value is -6.17. The molecule has 1 aromatic heterocycles. The van der Waals surface area contributed by atoms with Gasteiger partial charge >= 0.3 is 0 Å². The van der Waals surface area contributed by atoms with Crippen molar-refractivity contribution in [1.29, 1.82) is 0 Å². The van der Waals surface area contributed by atoms with E-state index in [1.807, 2.05) is 0 Å². The van der Waals surface area contributed by atoms with Gasteiger partial charge in [-0.2, -0.15) is 0 Å².